The van der Waals surface area contributed by atoms with Crippen molar-refractivity contribution >= 4 is 39.5 Å². The van der Waals surface area contributed by atoms with Crippen LogP contribution >= 0.6 is 15.6 Å². The van der Waals surface area contributed by atoms with E-state index in [1.807, 2.05) is 0 Å². The Morgan fingerprint density at radius 2 is 0.526 bits per heavy atom. The van der Waals surface area contributed by atoms with Crippen LogP contribution < -0.4 is 0 Å². The number of unbranched alkanes of at least 4 members (excludes halogenated alkanes) is 43. The van der Waals surface area contributed by atoms with Crippen LogP contribution in [-0.4, -0.2) is 96.7 Å². The first-order valence-electron chi connectivity index (χ1n) is 40.4. The minimum absolute atomic E-state index is 0.107. The topological polar surface area (TPSA) is 237 Å². The van der Waals surface area contributed by atoms with Crippen molar-refractivity contribution in [2.24, 2.45) is 17.8 Å². The van der Waals surface area contributed by atoms with E-state index in [1.165, 1.54) is 212 Å². The second kappa shape index (κ2) is 68.5. The van der Waals surface area contributed by atoms with Crippen molar-refractivity contribution in [3.63, 3.8) is 0 Å². The largest absolute Gasteiger partial charge is 0.472 e. The molecule has 0 fully saturated rings. The predicted molar refractivity (Wildman–Crippen MR) is 395 cm³/mol. The third kappa shape index (κ3) is 70.9. The van der Waals surface area contributed by atoms with Gasteiger partial charge >= 0.3 is 39.5 Å². The molecule has 0 aromatic rings. The Balaban J connectivity index is 5.27. The molecule has 97 heavy (non-hydrogen) atoms. The Morgan fingerprint density at radius 3 is 0.784 bits per heavy atom. The Bertz CT molecular complexity index is 1890. The lowest BCUT2D eigenvalue weighted by molar-refractivity contribution is -0.161. The van der Waals surface area contributed by atoms with Crippen LogP contribution in [0.2, 0.25) is 0 Å². The SMILES string of the molecule is CCCCCCCCCCCCCCCC(=O)O[C@H](COC(=O)CCCCCCCCCCC(C)CC)COP(=O)(O)OC[C@H](O)COP(=O)(O)OC[C@@H](COC(=O)CCCCCCCCCCCCCCC(C)C)OC(=O)CCCCCCCCCCCCCCCCC(C)C. The molecule has 0 aromatic heterocycles. The minimum atomic E-state index is -4.96. The fourth-order valence-electron chi connectivity index (χ4n) is 11.9. The molecule has 0 aliphatic heterocycles. The predicted octanol–water partition coefficient (Wildman–Crippen LogP) is 23.0. The second-order valence-corrected chi connectivity index (χ2v) is 32.2. The summed E-state index contributed by atoms with van der Waals surface area (Å²) >= 11 is 0. The maximum atomic E-state index is 13.1. The Morgan fingerprint density at radius 1 is 0.299 bits per heavy atom. The highest BCUT2D eigenvalue weighted by molar-refractivity contribution is 7.47. The molecule has 0 spiro atoms. The molecule has 0 aromatic carbocycles. The van der Waals surface area contributed by atoms with Gasteiger partial charge in [-0.2, -0.15) is 0 Å². The number of ether oxygens (including phenoxy) is 4. The van der Waals surface area contributed by atoms with Crippen LogP contribution in [0.1, 0.15) is 402 Å². The molecule has 17 nitrogen and oxygen atoms in total. The number of hydrogen-bond donors (Lipinski definition) is 3. The molecule has 3 N–H and O–H groups in total. The number of esters is 4. The zero-order chi connectivity index (χ0) is 71.6. The van der Waals surface area contributed by atoms with Gasteiger partial charge in [-0.25, -0.2) is 9.13 Å². The first kappa shape index (κ1) is 95.1. The molecule has 0 aliphatic carbocycles. The van der Waals surface area contributed by atoms with Gasteiger partial charge in [-0.05, 0) is 43.4 Å². The summed E-state index contributed by atoms with van der Waals surface area (Å²) < 4.78 is 68.6. The van der Waals surface area contributed by atoms with Gasteiger partial charge in [0.05, 0.1) is 26.4 Å². The lowest BCUT2D eigenvalue weighted by Gasteiger charge is -2.21. The van der Waals surface area contributed by atoms with E-state index >= 15 is 0 Å². The van der Waals surface area contributed by atoms with Gasteiger partial charge in [-0.1, -0.05) is 350 Å². The average Bonchev–Trinajstić information content (AvgIpc) is 1.57. The molecule has 19 heteroatoms. The van der Waals surface area contributed by atoms with E-state index in [0.717, 1.165) is 108 Å². The number of phosphoric ester groups is 2. The van der Waals surface area contributed by atoms with Crippen molar-refractivity contribution in [3.05, 3.63) is 0 Å². The molecular weight excluding hydrogens is 1270 g/mol. The van der Waals surface area contributed by atoms with Crippen LogP contribution in [-0.2, 0) is 65.4 Å². The average molecular weight is 1420 g/mol. The first-order chi connectivity index (χ1) is 46.8. The van der Waals surface area contributed by atoms with E-state index in [4.69, 9.17) is 37.0 Å². The molecule has 0 rings (SSSR count). The molecule has 0 radical (unpaired) electrons. The Hall–Kier alpha value is -1.94. The van der Waals surface area contributed by atoms with Crippen LogP contribution in [0, 0.1) is 17.8 Å². The van der Waals surface area contributed by atoms with E-state index in [0.29, 0.717) is 25.7 Å². The fourth-order valence-corrected chi connectivity index (χ4v) is 13.5. The summed E-state index contributed by atoms with van der Waals surface area (Å²) in [5.74, 6) is 0.242. The van der Waals surface area contributed by atoms with Gasteiger partial charge in [0.1, 0.15) is 19.3 Å². The highest BCUT2D eigenvalue weighted by atomic mass is 31.2. The highest BCUT2D eigenvalue weighted by Gasteiger charge is 2.30. The second-order valence-electron chi connectivity index (χ2n) is 29.3. The number of hydrogen-bond acceptors (Lipinski definition) is 15. The van der Waals surface area contributed by atoms with E-state index < -0.39 is 97.5 Å². The molecule has 6 atom stereocenters. The van der Waals surface area contributed by atoms with Crippen molar-refractivity contribution in [3.8, 4) is 0 Å². The van der Waals surface area contributed by atoms with Crippen molar-refractivity contribution in [1.29, 1.82) is 0 Å². The summed E-state index contributed by atoms with van der Waals surface area (Å²) in [5.41, 5.74) is 0. The standard InChI is InChI=1S/C78H152O17P2/c1-8-10-11-12-13-14-15-18-26-31-40-47-54-61-77(82)95-74(66-89-76(81)60-53-46-39-34-33-37-44-51-58-71(7)9-2)68-93-97(86,87)91-64-72(79)63-90-96(84,85)92-67-73(65-88-75(80)59-52-45-38-30-25-22-21-24-29-36-43-50-57-70(5)6)94-78(83)62-55-48-41-32-27-20-17-16-19-23-28-35-42-49-56-69(3)4/h69-74,79H,8-68H2,1-7H3,(H,84,85)(H,86,87)/t71?,72-,73-,74-/m1/s1. The van der Waals surface area contributed by atoms with Gasteiger partial charge in [0.25, 0.3) is 0 Å². The number of carbonyl (C=O) groups excluding carboxylic acids is 4. The molecule has 0 saturated carbocycles. The van der Waals surface area contributed by atoms with Crippen LogP contribution in [0.4, 0.5) is 0 Å². The smallest absolute Gasteiger partial charge is 0.462 e. The highest BCUT2D eigenvalue weighted by Crippen LogP contribution is 2.45. The quantitative estimate of drug-likeness (QED) is 0.0222. The van der Waals surface area contributed by atoms with Crippen LogP contribution in [0.5, 0.6) is 0 Å². The van der Waals surface area contributed by atoms with E-state index in [-0.39, 0.29) is 25.7 Å². The van der Waals surface area contributed by atoms with Crippen LogP contribution in [0.15, 0.2) is 0 Å². The fraction of sp³-hybridized carbons (Fsp3) is 0.949. The van der Waals surface area contributed by atoms with Gasteiger partial charge in [-0.3, -0.25) is 37.3 Å². The maximum Gasteiger partial charge on any atom is 0.472 e. The third-order valence-corrected chi connectivity index (χ3v) is 20.4. The number of aliphatic hydroxyl groups is 1. The lowest BCUT2D eigenvalue weighted by atomic mass is 9.99. The molecule has 0 bridgehead atoms. The molecular formula is C78H152O17P2. The van der Waals surface area contributed by atoms with Crippen molar-refractivity contribution in [1.82, 2.24) is 0 Å². The number of phosphoric acid groups is 2. The first-order valence-corrected chi connectivity index (χ1v) is 43.4. The number of carbonyl (C=O) groups is 4. The summed E-state index contributed by atoms with van der Waals surface area (Å²) in [6.07, 6.45) is 55.3. The van der Waals surface area contributed by atoms with Crippen molar-refractivity contribution in [2.45, 2.75) is 420 Å². The van der Waals surface area contributed by atoms with Crippen molar-refractivity contribution in [2.75, 3.05) is 39.6 Å². The van der Waals surface area contributed by atoms with Crippen molar-refractivity contribution < 1.29 is 80.2 Å². The lowest BCUT2D eigenvalue weighted by Crippen LogP contribution is -2.30. The van der Waals surface area contributed by atoms with Gasteiger partial charge in [-0.15, -0.1) is 0 Å². The Kier molecular flexibility index (Phi) is 67.1. The number of aliphatic hydroxyl groups excluding tert-OH is 1. The third-order valence-electron chi connectivity index (χ3n) is 18.5. The summed E-state index contributed by atoms with van der Waals surface area (Å²) in [7, 11) is -9.92. The van der Waals surface area contributed by atoms with Crippen LogP contribution in [0.25, 0.3) is 0 Å². The van der Waals surface area contributed by atoms with E-state index in [1.54, 1.807) is 0 Å². The minimum Gasteiger partial charge on any atom is -0.462 e. The zero-order valence-electron chi connectivity index (χ0n) is 63.5. The molecule has 0 amide bonds. The van der Waals surface area contributed by atoms with E-state index in [9.17, 15) is 43.2 Å². The van der Waals surface area contributed by atoms with Gasteiger partial charge < -0.3 is 33.8 Å². The normalized spacial score (nSPS) is 14.3. The van der Waals surface area contributed by atoms with E-state index in [2.05, 4.69) is 48.5 Å². The maximum absolute atomic E-state index is 13.1. The monoisotopic (exact) mass is 1420 g/mol. The Labute approximate surface area is 594 Å². The number of rotatable bonds is 76. The van der Waals surface area contributed by atoms with Gasteiger partial charge in [0.15, 0.2) is 12.2 Å². The molecule has 576 valence electrons. The molecule has 0 heterocycles. The molecule has 3 unspecified atom stereocenters. The summed E-state index contributed by atoms with van der Waals surface area (Å²) in [5, 5.41) is 10.6. The van der Waals surface area contributed by atoms with Gasteiger partial charge in [0, 0.05) is 25.7 Å². The summed E-state index contributed by atoms with van der Waals surface area (Å²) in [4.78, 5) is 72.9. The summed E-state index contributed by atoms with van der Waals surface area (Å²) in [6, 6.07) is 0. The molecule has 0 aliphatic rings. The summed E-state index contributed by atoms with van der Waals surface area (Å²) in [6.45, 7) is 12.0. The van der Waals surface area contributed by atoms with Gasteiger partial charge in [0.2, 0.25) is 0 Å². The zero-order valence-corrected chi connectivity index (χ0v) is 65.3. The van der Waals surface area contributed by atoms with Crippen LogP contribution in [0.3, 0.4) is 0 Å². The molecule has 0 saturated heterocycles.